The van der Waals surface area contributed by atoms with Gasteiger partial charge in [-0.3, -0.25) is 14.9 Å². The van der Waals surface area contributed by atoms with Crippen LogP contribution in [0.3, 0.4) is 0 Å². The number of carboxylic acid groups (broad SMARTS) is 1. The van der Waals surface area contributed by atoms with E-state index in [1.165, 1.54) is 26.1 Å². The van der Waals surface area contributed by atoms with Crippen molar-refractivity contribution in [2.45, 2.75) is 23.6 Å². The molecule has 1 N–H and O–H groups in total. The number of hydrogen-bond donors (Lipinski definition) is 1. The topological polar surface area (TPSA) is 93.3 Å². The van der Waals surface area contributed by atoms with E-state index in [9.17, 15) is 14.9 Å². The van der Waals surface area contributed by atoms with E-state index in [1.807, 2.05) is 0 Å². The number of thioether (sulfide) groups is 1. The van der Waals surface area contributed by atoms with Gasteiger partial charge in [-0.2, -0.15) is 0 Å². The maximum absolute atomic E-state index is 10.9. The Bertz CT molecular complexity index is 478. The van der Waals surface area contributed by atoms with E-state index in [2.05, 4.69) is 20.9 Å². The third-order valence-corrected chi connectivity index (χ3v) is 3.49. The van der Waals surface area contributed by atoms with Crippen LogP contribution in [0.2, 0.25) is 0 Å². The van der Waals surface area contributed by atoms with E-state index >= 15 is 0 Å². The van der Waals surface area contributed by atoms with Crippen molar-refractivity contribution in [3.63, 3.8) is 0 Å². The van der Waals surface area contributed by atoms with E-state index in [4.69, 9.17) is 5.11 Å². The predicted molar refractivity (Wildman–Crippen MR) is 66.2 cm³/mol. The largest absolute Gasteiger partial charge is 0.480 e. The molecule has 8 heteroatoms. The molecule has 1 rings (SSSR count). The first kappa shape index (κ1) is 13.9. The summed E-state index contributed by atoms with van der Waals surface area (Å²) in [6.07, 6.45) is 1.40. The van der Waals surface area contributed by atoms with Crippen LogP contribution >= 0.6 is 27.7 Å². The normalized spacial score (nSPS) is 11.2. The number of carbonyl (C=O) groups is 1. The Balaban J connectivity index is 3.15. The van der Waals surface area contributed by atoms with Crippen molar-refractivity contribution in [1.82, 2.24) is 4.98 Å². The highest BCUT2D eigenvalue weighted by Gasteiger charge is 2.32. The van der Waals surface area contributed by atoms with Gasteiger partial charge in [-0.15, -0.1) is 0 Å². The number of carboxylic acids is 1. The van der Waals surface area contributed by atoms with Crippen molar-refractivity contribution in [1.29, 1.82) is 0 Å². The van der Waals surface area contributed by atoms with E-state index in [0.29, 0.717) is 4.47 Å². The van der Waals surface area contributed by atoms with Crippen molar-refractivity contribution in [2.75, 3.05) is 0 Å². The highest BCUT2D eigenvalue weighted by atomic mass is 79.9. The van der Waals surface area contributed by atoms with Gasteiger partial charge in [-0.05, 0) is 29.8 Å². The fourth-order valence-corrected chi connectivity index (χ4v) is 2.14. The molecule has 0 radical (unpaired) electrons. The number of pyridine rings is 1. The van der Waals surface area contributed by atoms with Crippen LogP contribution in [0.25, 0.3) is 0 Å². The molecule has 1 heterocycles. The summed E-state index contributed by atoms with van der Waals surface area (Å²) in [5, 5.41) is 19.9. The molecule has 92 valence electrons. The third kappa shape index (κ3) is 3.40. The van der Waals surface area contributed by atoms with Gasteiger partial charge in [-0.25, -0.2) is 4.98 Å². The predicted octanol–water partition coefficient (Wildman–Crippen LogP) is 2.71. The fraction of sp³-hybridized carbons (Fsp3) is 0.333. The maximum atomic E-state index is 10.9. The van der Waals surface area contributed by atoms with Gasteiger partial charge in [0.25, 0.3) is 0 Å². The van der Waals surface area contributed by atoms with Gasteiger partial charge >= 0.3 is 11.7 Å². The summed E-state index contributed by atoms with van der Waals surface area (Å²) < 4.78 is -0.701. The highest BCUT2D eigenvalue weighted by molar-refractivity contribution is 9.10. The van der Waals surface area contributed by atoms with Crippen molar-refractivity contribution >= 4 is 39.3 Å². The summed E-state index contributed by atoms with van der Waals surface area (Å²) >= 11 is 3.93. The van der Waals surface area contributed by atoms with Crippen LogP contribution in [0.4, 0.5) is 5.69 Å². The van der Waals surface area contributed by atoms with Gasteiger partial charge in [0.1, 0.15) is 4.75 Å². The number of rotatable bonds is 4. The molecule has 0 fully saturated rings. The molecule has 0 saturated carbocycles. The van der Waals surface area contributed by atoms with Gasteiger partial charge in [0.15, 0.2) is 5.03 Å². The molecule has 0 spiro atoms. The van der Waals surface area contributed by atoms with Gasteiger partial charge in [-0.1, -0.05) is 11.8 Å². The van der Waals surface area contributed by atoms with Gasteiger partial charge in [0, 0.05) is 16.7 Å². The number of aliphatic carboxylic acids is 1. The SMILES string of the molecule is CC(C)(Sc1ncc(Br)cc1[N+](=O)[O-])C(=O)O. The number of hydrogen-bond acceptors (Lipinski definition) is 5. The molecule has 0 bridgehead atoms. The molecule has 1 aromatic heterocycles. The van der Waals surface area contributed by atoms with Gasteiger partial charge in [0.2, 0.25) is 0 Å². The summed E-state index contributed by atoms with van der Waals surface area (Å²) in [4.78, 5) is 25.1. The molecule has 0 saturated heterocycles. The Labute approximate surface area is 110 Å². The quantitative estimate of drug-likeness (QED) is 0.520. The van der Waals surface area contributed by atoms with E-state index in [0.717, 1.165) is 11.8 Å². The molecule has 0 atom stereocenters. The Morgan fingerprint density at radius 1 is 1.65 bits per heavy atom. The number of nitrogens with zero attached hydrogens (tertiary/aromatic N) is 2. The minimum absolute atomic E-state index is 0.0885. The smallest absolute Gasteiger partial charge is 0.319 e. The monoisotopic (exact) mass is 320 g/mol. The molecule has 0 unspecified atom stereocenters. The molecule has 0 aliphatic rings. The van der Waals surface area contributed by atoms with Crippen molar-refractivity contribution in [3.8, 4) is 0 Å². The molecule has 1 aromatic rings. The van der Waals surface area contributed by atoms with Gasteiger partial charge in [0.05, 0.1) is 4.92 Å². The Hall–Kier alpha value is -1.15. The molecule has 17 heavy (non-hydrogen) atoms. The van der Waals surface area contributed by atoms with Crippen LogP contribution in [0.15, 0.2) is 21.8 Å². The first-order chi connectivity index (χ1) is 7.74. The van der Waals surface area contributed by atoms with Crippen molar-refractivity contribution < 1.29 is 14.8 Å². The van der Waals surface area contributed by atoms with Crippen LogP contribution in [0.5, 0.6) is 0 Å². The van der Waals surface area contributed by atoms with Crippen LogP contribution in [-0.4, -0.2) is 25.7 Å². The summed E-state index contributed by atoms with van der Waals surface area (Å²) in [6.45, 7) is 2.93. The number of nitro groups is 1. The van der Waals surface area contributed by atoms with Crippen LogP contribution in [0, 0.1) is 10.1 Å². The summed E-state index contributed by atoms with van der Waals surface area (Å²) in [5.41, 5.74) is -0.210. The highest BCUT2D eigenvalue weighted by Crippen LogP contribution is 2.37. The van der Waals surface area contributed by atoms with Crippen molar-refractivity contribution in [3.05, 3.63) is 26.9 Å². The summed E-state index contributed by atoms with van der Waals surface area (Å²) in [5.74, 6) is -1.05. The Morgan fingerprint density at radius 3 is 2.71 bits per heavy atom. The average molecular weight is 321 g/mol. The second-order valence-corrected chi connectivity index (χ2v) is 6.18. The average Bonchev–Trinajstić information content (AvgIpc) is 2.19. The zero-order valence-corrected chi connectivity index (χ0v) is 11.4. The number of aromatic nitrogens is 1. The standard InChI is InChI=1S/C9H9BrN2O4S/c1-9(2,8(13)14)17-7-6(12(15)16)3-5(10)4-11-7/h3-4H,1-2H3,(H,13,14). The fourth-order valence-electron chi connectivity index (χ4n) is 0.911. The first-order valence-electron chi connectivity index (χ1n) is 4.46. The first-order valence-corrected chi connectivity index (χ1v) is 6.07. The zero-order chi connectivity index (χ0) is 13.2. The minimum Gasteiger partial charge on any atom is -0.480 e. The van der Waals surface area contributed by atoms with Crippen LogP contribution in [0.1, 0.15) is 13.8 Å². The molecule has 0 amide bonds. The van der Waals surface area contributed by atoms with E-state index < -0.39 is 15.6 Å². The lowest BCUT2D eigenvalue weighted by atomic mass is 10.2. The molecule has 0 aromatic carbocycles. The lowest BCUT2D eigenvalue weighted by Crippen LogP contribution is -2.27. The third-order valence-electron chi connectivity index (χ3n) is 1.86. The van der Waals surface area contributed by atoms with E-state index in [1.54, 1.807) is 0 Å². The zero-order valence-electron chi connectivity index (χ0n) is 9.01. The van der Waals surface area contributed by atoms with Crippen molar-refractivity contribution in [2.24, 2.45) is 0 Å². The number of halogens is 1. The Kier molecular flexibility index (Phi) is 4.10. The molecule has 0 aliphatic heterocycles. The molecule has 0 aliphatic carbocycles. The lowest BCUT2D eigenvalue weighted by molar-refractivity contribution is -0.388. The maximum Gasteiger partial charge on any atom is 0.319 e. The second kappa shape index (κ2) is 5.01. The van der Waals surface area contributed by atoms with E-state index in [-0.39, 0.29) is 10.7 Å². The van der Waals surface area contributed by atoms with Crippen LogP contribution in [-0.2, 0) is 4.79 Å². The summed E-state index contributed by atoms with van der Waals surface area (Å²) in [7, 11) is 0. The molecule has 6 nitrogen and oxygen atoms in total. The summed E-state index contributed by atoms with van der Waals surface area (Å²) in [6, 6.07) is 1.30. The molecular formula is C9H9BrN2O4S. The molecular weight excluding hydrogens is 312 g/mol. The Morgan fingerprint density at radius 2 is 2.24 bits per heavy atom. The minimum atomic E-state index is -1.18. The van der Waals surface area contributed by atoms with Crippen LogP contribution < -0.4 is 0 Å². The van der Waals surface area contributed by atoms with Gasteiger partial charge < -0.3 is 5.11 Å². The lowest BCUT2D eigenvalue weighted by Gasteiger charge is -2.17. The second-order valence-electron chi connectivity index (χ2n) is 3.65.